The van der Waals surface area contributed by atoms with Crippen molar-refractivity contribution in [3.05, 3.63) is 41.7 Å². The van der Waals surface area contributed by atoms with Crippen molar-refractivity contribution >= 4 is 17.4 Å². The summed E-state index contributed by atoms with van der Waals surface area (Å²) in [6, 6.07) is 8.92. The molecule has 6 heteroatoms. The molecule has 1 fully saturated rings. The minimum absolute atomic E-state index is 0.572. The first kappa shape index (κ1) is 17.9. The minimum atomic E-state index is 0.572. The van der Waals surface area contributed by atoms with Gasteiger partial charge in [0.05, 0.1) is 31.6 Å². The number of anilines is 1. The lowest BCUT2D eigenvalue weighted by Gasteiger charge is -2.29. The van der Waals surface area contributed by atoms with Crippen molar-refractivity contribution in [2.45, 2.75) is 31.1 Å². The van der Waals surface area contributed by atoms with Crippen LogP contribution in [0.5, 0.6) is 0 Å². The fraction of sp³-hybridized carbons (Fsp3) is 0.550. The van der Waals surface area contributed by atoms with Crippen LogP contribution < -0.4 is 4.90 Å². The second kappa shape index (κ2) is 8.03. The van der Waals surface area contributed by atoms with Gasteiger partial charge in [0.25, 0.3) is 0 Å². The maximum atomic E-state index is 5.51. The monoisotopic (exact) mass is 372 g/mol. The van der Waals surface area contributed by atoms with Crippen LogP contribution in [0.2, 0.25) is 0 Å². The Labute approximate surface area is 160 Å². The summed E-state index contributed by atoms with van der Waals surface area (Å²) in [5.41, 5.74) is 4.19. The Morgan fingerprint density at radius 3 is 2.81 bits per heavy atom. The van der Waals surface area contributed by atoms with E-state index in [1.54, 1.807) is 11.8 Å². The average molecular weight is 373 g/mol. The molecule has 1 aromatic heterocycles. The average Bonchev–Trinajstić information content (AvgIpc) is 3.24. The van der Waals surface area contributed by atoms with Crippen LogP contribution in [0.15, 0.2) is 35.6 Å². The van der Waals surface area contributed by atoms with Crippen molar-refractivity contribution in [3.8, 4) is 0 Å². The van der Waals surface area contributed by atoms with Gasteiger partial charge in [0, 0.05) is 44.3 Å². The number of ether oxygens (including phenoxy) is 1. The molecule has 2 aliphatic heterocycles. The molecule has 26 heavy (non-hydrogen) atoms. The number of para-hydroxylation sites is 1. The van der Waals surface area contributed by atoms with Gasteiger partial charge in [-0.15, -0.1) is 0 Å². The van der Waals surface area contributed by atoms with E-state index in [0.29, 0.717) is 5.92 Å². The second-order valence-electron chi connectivity index (χ2n) is 7.03. The van der Waals surface area contributed by atoms with E-state index in [4.69, 9.17) is 4.74 Å². The molecule has 0 unspecified atom stereocenters. The normalized spacial score (nSPS) is 20.5. The summed E-state index contributed by atoms with van der Waals surface area (Å²) in [6.07, 6.45) is 4.15. The highest BCUT2D eigenvalue weighted by atomic mass is 32.2. The number of imidazole rings is 1. The molecule has 0 bridgehead atoms. The zero-order valence-electron chi connectivity index (χ0n) is 15.7. The van der Waals surface area contributed by atoms with Gasteiger partial charge in [0.2, 0.25) is 0 Å². The predicted molar refractivity (Wildman–Crippen MR) is 107 cm³/mol. The molecular formula is C20H28N4OS. The van der Waals surface area contributed by atoms with E-state index in [9.17, 15) is 0 Å². The molecule has 1 aromatic carbocycles. The largest absolute Gasteiger partial charge is 0.379 e. The number of hydrogen-bond donors (Lipinski definition) is 0. The van der Waals surface area contributed by atoms with E-state index >= 15 is 0 Å². The lowest BCUT2D eigenvalue weighted by atomic mass is 10.0. The first-order valence-corrected chi connectivity index (χ1v) is 10.7. The van der Waals surface area contributed by atoms with E-state index in [1.807, 2.05) is 6.20 Å². The Morgan fingerprint density at radius 2 is 2.04 bits per heavy atom. The number of hydrogen-bond acceptors (Lipinski definition) is 5. The highest BCUT2D eigenvalue weighted by molar-refractivity contribution is 7.98. The number of rotatable bonds is 6. The zero-order chi connectivity index (χ0) is 17.9. The third kappa shape index (κ3) is 3.50. The van der Waals surface area contributed by atoms with Crippen molar-refractivity contribution in [2.24, 2.45) is 0 Å². The smallest absolute Gasteiger partial charge is 0.167 e. The molecule has 0 N–H and O–H groups in total. The standard InChI is InChI=1S/C20H28N4OS/c1-3-24-17(12-21-20(24)26-2)15-23-14-16(13-22-8-10-25-11-9-22)18-6-4-5-7-19(18)23/h4-7,12,16H,3,8-11,13-15H2,1-2H3/t16-/m0/s1. The molecule has 0 aliphatic carbocycles. The molecule has 0 amide bonds. The summed E-state index contributed by atoms with van der Waals surface area (Å²) >= 11 is 1.72. The number of morpholine rings is 1. The summed E-state index contributed by atoms with van der Waals surface area (Å²) in [5, 5.41) is 1.11. The number of fused-ring (bicyclic) bond motifs is 1. The summed E-state index contributed by atoms with van der Waals surface area (Å²) in [6.45, 7) is 10.1. The predicted octanol–water partition coefficient (Wildman–Crippen LogP) is 3.06. The molecule has 2 aliphatic rings. The zero-order valence-corrected chi connectivity index (χ0v) is 16.5. The molecule has 4 rings (SSSR count). The Morgan fingerprint density at radius 1 is 1.23 bits per heavy atom. The number of nitrogens with zero attached hydrogens (tertiary/aromatic N) is 4. The third-order valence-corrected chi connectivity index (χ3v) is 6.18. The van der Waals surface area contributed by atoms with Crippen LogP contribution >= 0.6 is 11.8 Å². The van der Waals surface area contributed by atoms with Gasteiger partial charge in [-0.3, -0.25) is 4.90 Å². The third-order valence-electron chi connectivity index (χ3n) is 5.49. The van der Waals surface area contributed by atoms with Gasteiger partial charge in [-0.1, -0.05) is 30.0 Å². The summed E-state index contributed by atoms with van der Waals surface area (Å²) < 4.78 is 7.84. The van der Waals surface area contributed by atoms with E-state index in [2.05, 4.69) is 56.8 Å². The van der Waals surface area contributed by atoms with Gasteiger partial charge in [-0.25, -0.2) is 4.98 Å². The van der Waals surface area contributed by atoms with Crippen molar-refractivity contribution in [1.82, 2.24) is 14.5 Å². The van der Waals surface area contributed by atoms with Gasteiger partial charge in [0.15, 0.2) is 5.16 Å². The summed E-state index contributed by atoms with van der Waals surface area (Å²) in [4.78, 5) is 9.68. The van der Waals surface area contributed by atoms with Gasteiger partial charge < -0.3 is 14.2 Å². The second-order valence-corrected chi connectivity index (χ2v) is 7.80. The Kier molecular flexibility index (Phi) is 5.52. The van der Waals surface area contributed by atoms with Crippen molar-refractivity contribution in [3.63, 3.8) is 0 Å². The van der Waals surface area contributed by atoms with E-state index in [0.717, 1.165) is 57.6 Å². The van der Waals surface area contributed by atoms with Gasteiger partial charge in [0.1, 0.15) is 0 Å². The number of aromatic nitrogens is 2. The van der Waals surface area contributed by atoms with Crippen LogP contribution in [0.3, 0.4) is 0 Å². The first-order chi connectivity index (χ1) is 12.8. The van der Waals surface area contributed by atoms with Gasteiger partial charge >= 0.3 is 0 Å². The summed E-state index contributed by atoms with van der Waals surface area (Å²) in [7, 11) is 0. The van der Waals surface area contributed by atoms with E-state index in [1.165, 1.54) is 16.9 Å². The number of benzene rings is 1. The molecular weight excluding hydrogens is 344 g/mol. The molecule has 0 spiro atoms. The Hall–Kier alpha value is -1.50. The minimum Gasteiger partial charge on any atom is -0.379 e. The topological polar surface area (TPSA) is 33.5 Å². The molecule has 1 saturated heterocycles. The highest BCUT2D eigenvalue weighted by Gasteiger charge is 2.30. The Bertz CT molecular complexity index is 741. The first-order valence-electron chi connectivity index (χ1n) is 9.52. The maximum absolute atomic E-state index is 5.51. The molecule has 5 nitrogen and oxygen atoms in total. The van der Waals surface area contributed by atoms with Crippen molar-refractivity contribution in [1.29, 1.82) is 0 Å². The molecule has 0 radical (unpaired) electrons. The molecule has 3 heterocycles. The Balaban J connectivity index is 1.53. The fourth-order valence-corrected chi connectivity index (χ4v) is 4.82. The lowest BCUT2D eigenvalue weighted by Crippen LogP contribution is -2.39. The molecule has 140 valence electrons. The van der Waals surface area contributed by atoms with Gasteiger partial charge in [-0.2, -0.15) is 0 Å². The maximum Gasteiger partial charge on any atom is 0.167 e. The highest BCUT2D eigenvalue weighted by Crippen LogP contribution is 2.37. The lowest BCUT2D eigenvalue weighted by molar-refractivity contribution is 0.0356. The van der Waals surface area contributed by atoms with E-state index in [-0.39, 0.29) is 0 Å². The number of thioether (sulfide) groups is 1. The van der Waals surface area contributed by atoms with Crippen LogP contribution in [-0.2, 0) is 17.8 Å². The molecule has 1 atom stereocenters. The van der Waals surface area contributed by atoms with Crippen LogP contribution in [0.1, 0.15) is 24.1 Å². The SMILES string of the molecule is CCn1c(CN2C[C@H](CN3CCOCC3)c3ccccc32)cnc1SC. The quantitative estimate of drug-likeness (QED) is 0.728. The summed E-state index contributed by atoms with van der Waals surface area (Å²) in [5.74, 6) is 0.572. The molecule has 0 saturated carbocycles. The van der Waals surface area contributed by atoms with Crippen molar-refractivity contribution < 1.29 is 4.74 Å². The van der Waals surface area contributed by atoms with Crippen LogP contribution in [0.25, 0.3) is 0 Å². The van der Waals surface area contributed by atoms with Gasteiger partial charge in [-0.05, 0) is 24.8 Å². The van der Waals surface area contributed by atoms with Crippen molar-refractivity contribution in [2.75, 3.05) is 50.5 Å². The van der Waals surface area contributed by atoms with E-state index < -0.39 is 0 Å². The van der Waals surface area contributed by atoms with Crippen LogP contribution in [-0.4, -0.2) is 60.1 Å². The van der Waals surface area contributed by atoms with Crippen LogP contribution in [0, 0.1) is 0 Å². The fourth-order valence-electron chi connectivity index (χ4n) is 4.20. The molecule has 2 aromatic rings. The van der Waals surface area contributed by atoms with Crippen LogP contribution in [0.4, 0.5) is 5.69 Å².